The first-order chi connectivity index (χ1) is 6.72. The van der Waals surface area contributed by atoms with Gasteiger partial charge in [0.2, 0.25) is 12.2 Å². The van der Waals surface area contributed by atoms with E-state index in [1.807, 2.05) is 0 Å². The fourth-order valence-electron chi connectivity index (χ4n) is 0.179. The highest BCUT2D eigenvalue weighted by Gasteiger charge is 2.09. The number of nitrogens with zero attached hydrogens (tertiary/aromatic N) is 2. The summed E-state index contributed by atoms with van der Waals surface area (Å²) in [5.41, 5.74) is 0. The maximum atomic E-state index is 10.1. The molecule has 0 unspecified atom stereocenters. The summed E-state index contributed by atoms with van der Waals surface area (Å²) in [5.74, 6) is -2.86. The molecule has 0 aliphatic heterocycles. The highest BCUT2D eigenvalue weighted by molar-refractivity contribution is 7.46. The lowest BCUT2D eigenvalue weighted by molar-refractivity contribution is -0.135. The molecule has 0 aliphatic rings. The highest BCUT2D eigenvalue weighted by atomic mass is 31.2. The fourth-order valence-corrected chi connectivity index (χ4v) is 0.179. The van der Waals surface area contributed by atoms with Gasteiger partial charge in [0.1, 0.15) is 0 Å². The quantitative estimate of drug-likeness (QED) is 0.269. The van der Waals surface area contributed by atoms with Gasteiger partial charge in [-0.1, -0.05) is 0 Å². The van der Waals surface area contributed by atoms with Crippen LogP contribution in [0.2, 0.25) is 0 Å². The molecule has 0 rings (SSSR count). The van der Waals surface area contributed by atoms with Crippen LogP contribution in [0.3, 0.4) is 0 Å². The molecule has 1 N–H and O–H groups in total. The predicted octanol–water partition coefficient (Wildman–Crippen LogP) is -0.263. The Bertz CT molecular complexity index is 354. The average Bonchev–Trinajstić information content (AvgIpc) is 2.02. The lowest BCUT2D eigenvalue weighted by Crippen LogP contribution is -2.06. The minimum Gasteiger partial charge on any atom is -0.296 e. The van der Waals surface area contributed by atoms with Crippen molar-refractivity contribution in [2.24, 2.45) is 9.98 Å². The zero-order chi connectivity index (χ0) is 12.5. The molecule has 15 heavy (non-hydrogen) atoms. The van der Waals surface area contributed by atoms with Crippen molar-refractivity contribution in [3.8, 4) is 0 Å². The van der Waals surface area contributed by atoms with Crippen LogP contribution in [-0.2, 0) is 23.7 Å². The third-order valence-electron chi connectivity index (χ3n) is 0.477. The molecule has 0 spiro atoms. The van der Waals surface area contributed by atoms with Gasteiger partial charge < -0.3 is 0 Å². The molecule has 0 aromatic heterocycles. The van der Waals surface area contributed by atoms with Crippen molar-refractivity contribution >= 4 is 32.0 Å². The predicted molar refractivity (Wildman–Crippen MR) is 38.3 cm³/mol. The zero-order valence-electron chi connectivity index (χ0n) is 6.59. The summed E-state index contributed by atoms with van der Waals surface area (Å²) in [6, 6.07) is 0. The van der Waals surface area contributed by atoms with Gasteiger partial charge in [-0.25, -0.2) is 14.2 Å². The molecule has 2 amide bonds. The number of hydrogen-bond acceptors (Lipinski definition) is 5. The third-order valence-corrected chi connectivity index (χ3v) is 0.477. The highest BCUT2D eigenvalue weighted by Crippen LogP contribution is 2.43. The van der Waals surface area contributed by atoms with Crippen molar-refractivity contribution in [3.63, 3.8) is 0 Å². The molecule has 0 aromatic carbocycles. The summed E-state index contributed by atoms with van der Waals surface area (Å²) in [5, 5.41) is 0. The van der Waals surface area contributed by atoms with Gasteiger partial charge in [-0.15, -0.1) is 18.4 Å². The van der Waals surface area contributed by atoms with E-state index in [-0.39, 0.29) is 0 Å². The molecule has 0 aromatic rings. The van der Waals surface area contributed by atoms with Crippen LogP contribution in [0.25, 0.3) is 0 Å². The molecule has 0 saturated heterocycles. The Morgan fingerprint density at radius 1 is 1.07 bits per heavy atom. The number of aliphatic imine (C=N–C) groups is 2. The topological polar surface area (TPSA) is 130 Å². The molecule has 0 atom stereocenters. The fraction of sp³-hybridized carbons (Fsp3) is 0. The van der Waals surface area contributed by atoms with Gasteiger partial charge >= 0.3 is 19.8 Å². The summed E-state index contributed by atoms with van der Waals surface area (Å²) >= 11 is 0. The van der Waals surface area contributed by atoms with Gasteiger partial charge in [-0.05, 0) is 0 Å². The van der Waals surface area contributed by atoms with E-state index >= 15 is 0 Å². The number of halogens is 2. The maximum Gasteiger partial charge on any atom is 0.549 e. The zero-order valence-corrected chi connectivity index (χ0v) is 7.48. The number of carbonyl (C=O) groups is 2. The summed E-state index contributed by atoms with van der Waals surface area (Å²) in [7, 11) is -5.64. The van der Waals surface area contributed by atoms with Crippen LogP contribution in [0.15, 0.2) is 9.98 Å². The maximum absolute atomic E-state index is 10.1. The smallest absolute Gasteiger partial charge is 0.296 e. The van der Waals surface area contributed by atoms with E-state index in [9.17, 15) is 27.6 Å². The summed E-state index contributed by atoms with van der Waals surface area (Å²) in [6.07, 6.45) is 1.64. The van der Waals surface area contributed by atoms with Crippen LogP contribution in [0.4, 0.5) is 8.39 Å². The Balaban J connectivity index is 0. The van der Waals surface area contributed by atoms with Crippen molar-refractivity contribution in [1.29, 1.82) is 0 Å². The van der Waals surface area contributed by atoms with Crippen molar-refractivity contribution < 1.29 is 37.0 Å². The number of rotatable bonds is 0. The summed E-state index contributed by atoms with van der Waals surface area (Å²) in [6.45, 7) is 0. The first-order valence-corrected chi connectivity index (χ1v) is 4.12. The van der Waals surface area contributed by atoms with Gasteiger partial charge in [0.15, 0.2) is 0 Å². The summed E-state index contributed by atoms with van der Waals surface area (Å²) < 4.78 is 28.7. The minimum atomic E-state index is -5.64. The Morgan fingerprint density at radius 2 is 1.27 bits per heavy atom. The Labute approximate surface area is 80.0 Å². The minimum absolute atomic E-state index is 0.822. The number of carbonyl (C=O) groups excluding carboxylic acids is 4. The molecule has 8 nitrogen and oxygen atoms in total. The molecular weight excluding hydrogens is 241 g/mol. The van der Waals surface area contributed by atoms with E-state index in [0.29, 0.717) is 0 Å². The SMILES string of the molecule is O=C=NC(=O)C(=O)N=C=O.O=P(O)(F)F. The Hall–Kier alpha value is -1.85. The molecule has 0 heterocycles. The Kier molecular flexibility index (Phi) is 7.85. The molecule has 0 saturated carbocycles. The number of amides is 2. The van der Waals surface area contributed by atoms with Crippen LogP contribution in [0, 0.1) is 0 Å². The molecule has 82 valence electrons. The molecule has 0 fully saturated rings. The van der Waals surface area contributed by atoms with Crippen LogP contribution >= 0.6 is 7.99 Å². The van der Waals surface area contributed by atoms with Gasteiger partial charge in [0, 0.05) is 0 Å². The van der Waals surface area contributed by atoms with Crippen molar-refractivity contribution in [1.82, 2.24) is 0 Å². The standard InChI is InChI=1S/C4N2O4.F2HO2P/c7-1-5-3(9)4(10)6-2-8;1-5(2,3)4/h;(H,3,4). The van der Waals surface area contributed by atoms with E-state index in [0.717, 1.165) is 12.2 Å². The van der Waals surface area contributed by atoms with Gasteiger partial charge in [0.05, 0.1) is 0 Å². The average molecular weight is 242 g/mol. The lowest BCUT2D eigenvalue weighted by Gasteiger charge is -1.74. The van der Waals surface area contributed by atoms with E-state index in [4.69, 9.17) is 9.46 Å². The molecule has 0 aliphatic carbocycles. The van der Waals surface area contributed by atoms with Crippen molar-refractivity contribution in [2.45, 2.75) is 0 Å². The monoisotopic (exact) mass is 242 g/mol. The normalized spacial score (nSPS) is 8.47. The van der Waals surface area contributed by atoms with Gasteiger partial charge in [0.25, 0.3) is 0 Å². The van der Waals surface area contributed by atoms with Crippen molar-refractivity contribution in [3.05, 3.63) is 0 Å². The summed E-state index contributed by atoms with van der Waals surface area (Å²) in [4.78, 5) is 50.3. The van der Waals surface area contributed by atoms with Crippen LogP contribution < -0.4 is 0 Å². The van der Waals surface area contributed by atoms with Crippen LogP contribution in [-0.4, -0.2) is 28.9 Å². The van der Waals surface area contributed by atoms with E-state index in [1.54, 1.807) is 0 Å². The largest absolute Gasteiger partial charge is 0.549 e. The van der Waals surface area contributed by atoms with E-state index in [2.05, 4.69) is 9.98 Å². The van der Waals surface area contributed by atoms with Crippen LogP contribution in [0.1, 0.15) is 0 Å². The molecular formula is C4HF2N2O6P. The number of hydrogen-bond donors (Lipinski definition) is 1. The second kappa shape index (κ2) is 7.54. The number of isocyanates is 2. The Morgan fingerprint density at radius 3 is 1.40 bits per heavy atom. The first-order valence-electron chi connectivity index (χ1n) is 2.68. The second-order valence-corrected chi connectivity index (χ2v) is 2.32. The first kappa shape index (κ1) is 15.6. The molecule has 0 bridgehead atoms. The van der Waals surface area contributed by atoms with Crippen molar-refractivity contribution in [2.75, 3.05) is 0 Å². The third kappa shape index (κ3) is 18.8. The van der Waals surface area contributed by atoms with Gasteiger partial charge in [-0.3, -0.25) is 14.5 Å². The molecule has 0 radical (unpaired) electrons. The lowest BCUT2D eigenvalue weighted by atomic mass is 10.6. The van der Waals surface area contributed by atoms with Gasteiger partial charge in [-0.2, -0.15) is 0 Å². The molecule has 11 heteroatoms. The van der Waals surface area contributed by atoms with E-state index < -0.39 is 19.8 Å². The second-order valence-electron chi connectivity index (χ2n) is 1.45. The van der Waals surface area contributed by atoms with E-state index in [1.165, 1.54) is 0 Å². The van der Waals surface area contributed by atoms with Crippen LogP contribution in [0.5, 0.6) is 0 Å².